The van der Waals surface area contributed by atoms with Gasteiger partial charge in [0.25, 0.3) is 0 Å². The monoisotopic (exact) mass is 167 g/mol. The van der Waals surface area contributed by atoms with Crippen LogP contribution >= 0.6 is 0 Å². The Hall–Kier alpha value is -0.460. The van der Waals surface area contributed by atoms with Crippen LogP contribution in [0.3, 0.4) is 0 Å². The summed E-state index contributed by atoms with van der Waals surface area (Å²) in [6, 6.07) is 0. The van der Waals surface area contributed by atoms with Gasteiger partial charge in [-0.05, 0) is 32.1 Å². The van der Waals surface area contributed by atoms with E-state index < -0.39 is 0 Å². The van der Waals surface area contributed by atoms with Crippen molar-refractivity contribution in [3.05, 3.63) is 11.3 Å². The summed E-state index contributed by atoms with van der Waals surface area (Å²) in [5.74, 6) is 0. The molecule has 0 aromatic rings. The second-order valence-electron chi connectivity index (χ2n) is 3.60. The summed E-state index contributed by atoms with van der Waals surface area (Å²) in [7, 11) is 2.05. The summed E-state index contributed by atoms with van der Waals surface area (Å²) in [4.78, 5) is 0. The Morgan fingerprint density at radius 3 is 2.17 bits per heavy atom. The van der Waals surface area contributed by atoms with Crippen molar-refractivity contribution in [3.8, 4) is 0 Å². The van der Waals surface area contributed by atoms with Crippen LogP contribution in [0, 0.1) is 0 Å². The molecule has 1 rings (SSSR count). The first-order valence-corrected chi connectivity index (χ1v) is 5.27. The first-order valence-electron chi connectivity index (χ1n) is 5.27. The zero-order chi connectivity index (χ0) is 8.81. The molecule has 1 fully saturated rings. The average molecular weight is 167 g/mol. The molecule has 0 saturated heterocycles. The van der Waals surface area contributed by atoms with Crippen molar-refractivity contribution in [1.29, 1.82) is 0 Å². The highest BCUT2D eigenvalue weighted by atomic mass is 14.8. The van der Waals surface area contributed by atoms with Gasteiger partial charge >= 0.3 is 0 Å². The molecule has 70 valence electrons. The van der Waals surface area contributed by atoms with Gasteiger partial charge in [-0.3, -0.25) is 0 Å². The Balaban J connectivity index is 2.60. The molecule has 0 aromatic carbocycles. The second-order valence-corrected chi connectivity index (χ2v) is 3.60. The van der Waals surface area contributed by atoms with Crippen LogP contribution in [-0.4, -0.2) is 7.05 Å². The van der Waals surface area contributed by atoms with Gasteiger partial charge in [0.15, 0.2) is 0 Å². The maximum atomic E-state index is 3.33. The first kappa shape index (κ1) is 9.63. The fraction of sp³-hybridized carbons (Fsp3) is 0.818. The summed E-state index contributed by atoms with van der Waals surface area (Å²) in [5, 5.41) is 3.33. The van der Waals surface area contributed by atoms with Crippen LogP contribution in [0.15, 0.2) is 11.3 Å². The molecule has 1 N–H and O–H groups in total. The molecule has 1 heteroatoms. The maximum absolute atomic E-state index is 3.33. The van der Waals surface area contributed by atoms with E-state index in [-0.39, 0.29) is 0 Å². The van der Waals surface area contributed by atoms with Gasteiger partial charge in [0.1, 0.15) is 0 Å². The van der Waals surface area contributed by atoms with E-state index in [0.717, 1.165) is 0 Å². The fourth-order valence-electron chi connectivity index (χ4n) is 2.06. The van der Waals surface area contributed by atoms with E-state index in [1.54, 1.807) is 5.57 Å². The van der Waals surface area contributed by atoms with Crippen molar-refractivity contribution in [2.75, 3.05) is 7.05 Å². The number of nitrogens with one attached hydrogen (secondary N) is 1. The summed E-state index contributed by atoms with van der Waals surface area (Å²) < 4.78 is 0. The van der Waals surface area contributed by atoms with E-state index in [2.05, 4.69) is 19.3 Å². The van der Waals surface area contributed by atoms with E-state index in [1.165, 1.54) is 50.6 Å². The second kappa shape index (κ2) is 5.23. The predicted octanol–water partition coefficient (Wildman–Crippen LogP) is 3.22. The van der Waals surface area contributed by atoms with Gasteiger partial charge in [-0.1, -0.05) is 25.3 Å². The van der Waals surface area contributed by atoms with Gasteiger partial charge in [-0.15, -0.1) is 0 Å². The lowest BCUT2D eigenvalue weighted by molar-refractivity contribution is 0.702. The van der Waals surface area contributed by atoms with Gasteiger partial charge in [-0.2, -0.15) is 0 Å². The number of rotatable bonds is 2. The van der Waals surface area contributed by atoms with Gasteiger partial charge in [0, 0.05) is 12.7 Å². The Bertz CT molecular complexity index is 142. The lowest BCUT2D eigenvalue weighted by Gasteiger charge is -2.11. The molecule has 1 saturated carbocycles. The molecule has 0 spiro atoms. The molecule has 0 aromatic heterocycles. The zero-order valence-electron chi connectivity index (χ0n) is 8.45. The molecule has 1 nitrogen and oxygen atoms in total. The van der Waals surface area contributed by atoms with Gasteiger partial charge in [0.05, 0.1) is 0 Å². The van der Waals surface area contributed by atoms with Crippen molar-refractivity contribution in [2.45, 2.75) is 51.9 Å². The molecule has 0 unspecified atom stereocenters. The standard InChI is InChI=1S/C11H21N/c1-3-11(12-2)10-8-6-4-5-7-9-10/h12H,3-9H2,1-2H3. The molecule has 0 heterocycles. The van der Waals surface area contributed by atoms with Crippen LogP contribution in [0.25, 0.3) is 0 Å². The summed E-state index contributed by atoms with van der Waals surface area (Å²) >= 11 is 0. The largest absolute Gasteiger partial charge is 0.391 e. The van der Waals surface area contributed by atoms with Crippen molar-refractivity contribution < 1.29 is 0 Å². The van der Waals surface area contributed by atoms with Crippen LogP contribution in [0.1, 0.15) is 51.9 Å². The lowest BCUT2D eigenvalue weighted by Crippen LogP contribution is -2.08. The van der Waals surface area contributed by atoms with Crippen molar-refractivity contribution in [3.63, 3.8) is 0 Å². The summed E-state index contributed by atoms with van der Waals surface area (Å²) in [5.41, 5.74) is 3.19. The molecule has 12 heavy (non-hydrogen) atoms. The normalized spacial score (nSPS) is 18.7. The fourth-order valence-corrected chi connectivity index (χ4v) is 2.06. The molecule has 0 aliphatic heterocycles. The Labute approximate surface area is 76.2 Å². The van der Waals surface area contributed by atoms with Crippen molar-refractivity contribution in [1.82, 2.24) is 5.32 Å². The number of hydrogen-bond acceptors (Lipinski definition) is 1. The molecule has 1 aliphatic carbocycles. The molecule has 0 atom stereocenters. The molecular formula is C11H21N. The smallest absolute Gasteiger partial charge is 0.00931 e. The highest BCUT2D eigenvalue weighted by molar-refractivity contribution is 5.12. The third kappa shape index (κ3) is 2.54. The van der Waals surface area contributed by atoms with Gasteiger partial charge in [0.2, 0.25) is 0 Å². The minimum absolute atomic E-state index is 1.17. The molecule has 0 bridgehead atoms. The summed E-state index contributed by atoms with van der Waals surface area (Å²) in [6.45, 7) is 2.24. The van der Waals surface area contributed by atoms with E-state index in [1.807, 2.05) is 0 Å². The van der Waals surface area contributed by atoms with Crippen LogP contribution < -0.4 is 5.32 Å². The van der Waals surface area contributed by atoms with E-state index in [0.29, 0.717) is 0 Å². The highest BCUT2D eigenvalue weighted by Crippen LogP contribution is 2.24. The molecule has 0 radical (unpaired) electrons. The Morgan fingerprint density at radius 2 is 1.75 bits per heavy atom. The molecule has 0 amide bonds. The van der Waals surface area contributed by atoms with E-state index >= 15 is 0 Å². The SMILES string of the molecule is CCC(NC)=C1CCCCCC1. The molecule has 1 aliphatic rings. The van der Waals surface area contributed by atoms with Gasteiger partial charge < -0.3 is 5.32 Å². The van der Waals surface area contributed by atoms with Crippen LogP contribution in [0.5, 0.6) is 0 Å². The first-order chi connectivity index (χ1) is 5.88. The Kier molecular flexibility index (Phi) is 4.20. The van der Waals surface area contributed by atoms with E-state index in [4.69, 9.17) is 0 Å². The summed E-state index contributed by atoms with van der Waals surface area (Å²) in [6.07, 6.45) is 9.52. The highest BCUT2D eigenvalue weighted by Gasteiger charge is 2.07. The van der Waals surface area contributed by atoms with E-state index in [9.17, 15) is 0 Å². The van der Waals surface area contributed by atoms with Gasteiger partial charge in [-0.25, -0.2) is 0 Å². The number of hydrogen-bond donors (Lipinski definition) is 1. The third-order valence-electron chi connectivity index (χ3n) is 2.79. The minimum atomic E-state index is 1.17. The molecular weight excluding hydrogens is 146 g/mol. The quantitative estimate of drug-likeness (QED) is 0.623. The third-order valence-corrected chi connectivity index (χ3v) is 2.79. The zero-order valence-corrected chi connectivity index (χ0v) is 8.45. The lowest BCUT2D eigenvalue weighted by atomic mass is 10.0. The topological polar surface area (TPSA) is 12.0 Å². The van der Waals surface area contributed by atoms with Crippen molar-refractivity contribution >= 4 is 0 Å². The predicted molar refractivity (Wildman–Crippen MR) is 54.1 cm³/mol. The van der Waals surface area contributed by atoms with Crippen LogP contribution in [0.2, 0.25) is 0 Å². The number of allylic oxidation sites excluding steroid dienone is 2. The van der Waals surface area contributed by atoms with Crippen molar-refractivity contribution in [2.24, 2.45) is 0 Å². The Morgan fingerprint density at radius 1 is 1.17 bits per heavy atom. The minimum Gasteiger partial charge on any atom is -0.391 e. The van der Waals surface area contributed by atoms with Crippen LogP contribution in [0.4, 0.5) is 0 Å². The van der Waals surface area contributed by atoms with Crippen LogP contribution in [-0.2, 0) is 0 Å². The maximum Gasteiger partial charge on any atom is 0.00931 e. The average Bonchev–Trinajstić information content (AvgIpc) is 2.35.